The highest BCUT2D eigenvalue weighted by molar-refractivity contribution is 5.97. The molecule has 3 aliphatic rings. The van der Waals surface area contributed by atoms with Crippen molar-refractivity contribution in [3.63, 3.8) is 0 Å². The van der Waals surface area contributed by atoms with Gasteiger partial charge in [-0.1, -0.05) is 24.3 Å². The van der Waals surface area contributed by atoms with Gasteiger partial charge in [0, 0.05) is 0 Å². The molecule has 2 N–H and O–H groups in total. The molecule has 4 atom stereocenters. The fourth-order valence-electron chi connectivity index (χ4n) is 4.76. The third-order valence-electron chi connectivity index (χ3n) is 5.87. The van der Waals surface area contributed by atoms with Crippen molar-refractivity contribution in [1.82, 2.24) is 0 Å². The number of carboxylic acid groups (broad SMARTS) is 1. The van der Waals surface area contributed by atoms with Gasteiger partial charge in [-0.25, -0.2) is 0 Å². The molecule has 0 unspecified atom stereocenters. The summed E-state index contributed by atoms with van der Waals surface area (Å²) in [7, 11) is 0. The van der Waals surface area contributed by atoms with E-state index in [9.17, 15) is 14.7 Å². The van der Waals surface area contributed by atoms with Gasteiger partial charge in [-0.15, -0.1) is 0 Å². The van der Waals surface area contributed by atoms with E-state index < -0.39 is 17.8 Å². The molecule has 126 valence electrons. The summed E-state index contributed by atoms with van der Waals surface area (Å²) < 4.78 is 5.55. The summed E-state index contributed by atoms with van der Waals surface area (Å²) in [6, 6.07) is 7.27. The number of carbonyl (C=O) groups is 2. The largest absolute Gasteiger partial charge is 0.492 e. The quantitative estimate of drug-likeness (QED) is 0.815. The lowest BCUT2D eigenvalue weighted by atomic mass is 9.82. The fraction of sp³-hybridized carbons (Fsp3) is 0.474. The van der Waals surface area contributed by atoms with Gasteiger partial charge in [0.1, 0.15) is 5.75 Å². The molecule has 1 spiro atoms. The number of rotatable bonds is 5. The van der Waals surface area contributed by atoms with Crippen LogP contribution in [0.3, 0.4) is 0 Å². The van der Waals surface area contributed by atoms with Crippen LogP contribution >= 0.6 is 0 Å². The third kappa shape index (κ3) is 2.07. The highest BCUT2D eigenvalue weighted by Crippen LogP contribution is 2.72. The smallest absolute Gasteiger partial charge is 0.307 e. The van der Waals surface area contributed by atoms with Gasteiger partial charge < -0.3 is 15.2 Å². The van der Waals surface area contributed by atoms with Crippen molar-refractivity contribution in [2.75, 3.05) is 11.9 Å². The zero-order valence-corrected chi connectivity index (χ0v) is 13.6. The van der Waals surface area contributed by atoms with Crippen molar-refractivity contribution in [3.05, 3.63) is 36.4 Å². The molecule has 24 heavy (non-hydrogen) atoms. The maximum absolute atomic E-state index is 12.9. The minimum Gasteiger partial charge on any atom is -0.492 e. The second-order valence-electron chi connectivity index (χ2n) is 6.98. The van der Waals surface area contributed by atoms with Crippen LogP contribution in [0.15, 0.2) is 36.4 Å². The molecule has 1 amide bonds. The summed E-state index contributed by atoms with van der Waals surface area (Å²) in [4.78, 5) is 24.7. The number of anilines is 1. The van der Waals surface area contributed by atoms with Crippen molar-refractivity contribution < 1.29 is 19.4 Å². The number of hydrogen-bond acceptors (Lipinski definition) is 3. The Morgan fingerprint density at radius 2 is 1.88 bits per heavy atom. The number of nitrogens with one attached hydrogen (secondary N) is 1. The van der Waals surface area contributed by atoms with Crippen molar-refractivity contribution in [3.8, 4) is 5.75 Å². The molecule has 3 aliphatic carbocycles. The number of benzene rings is 1. The topological polar surface area (TPSA) is 75.6 Å². The van der Waals surface area contributed by atoms with Gasteiger partial charge in [0.2, 0.25) is 5.91 Å². The monoisotopic (exact) mass is 327 g/mol. The molecule has 0 heterocycles. The van der Waals surface area contributed by atoms with Gasteiger partial charge in [0.25, 0.3) is 0 Å². The minimum absolute atomic E-state index is 0.00196. The Bertz CT molecular complexity index is 722. The summed E-state index contributed by atoms with van der Waals surface area (Å²) in [6.45, 7) is 2.39. The Hall–Kier alpha value is -2.30. The van der Waals surface area contributed by atoms with E-state index in [1.165, 1.54) is 0 Å². The first-order chi connectivity index (χ1) is 11.6. The number of aliphatic carboxylic acids is 1. The molecular formula is C19H21NO4. The number of carbonyl (C=O) groups excluding carboxylic acids is 1. The van der Waals surface area contributed by atoms with Gasteiger partial charge in [-0.3, -0.25) is 9.59 Å². The number of para-hydroxylation sites is 2. The molecule has 2 bridgehead atoms. The Kier molecular flexibility index (Phi) is 3.41. The van der Waals surface area contributed by atoms with E-state index in [-0.39, 0.29) is 23.2 Å². The second-order valence-corrected chi connectivity index (χ2v) is 6.98. The fourth-order valence-corrected chi connectivity index (χ4v) is 4.76. The van der Waals surface area contributed by atoms with E-state index in [2.05, 4.69) is 11.4 Å². The van der Waals surface area contributed by atoms with Crippen LogP contribution < -0.4 is 10.1 Å². The molecule has 0 aromatic heterocycles. The third-order valence-corrected chi connectivity index (χ3v) is 5.87. The summed E-state index contributed by atoms with van der Waals surface area (Å²) >= 11 is 0. The molecule has 5 nitrogen and oxygen atoms in total. The SMILES string of the molecule is CCOc1ccccc1NC(=O)[C@@H]1[C@@H](C(=O)O)[C@@H]2C=C[C@@H]1C21CC1. The zero-order chi connectivity index (χ0) is 16.9. The summed E-state index contributed by atoms with van der Waals surface area (Å²) in [5.74, 6) is -1.55. The molecule has 0 radical (unpaired) electrons. The van der Waals surface area contributed by atoms with E-state index in [0.29, 0.717) is 18.0 Å². The Labute approximate surface area is 140 Å². The van der Waals surface area contributed by atoms with Gasteiger partial charge in [-0.2, -0.15) is 0 Å². The zero-order valence-electron chi connectivity index (χ0n) is 13.6. The van der Waals surface area contributed by atoms with E-state index in [1.54, 1.807) is 12.1 Å². The van der Waals surface area contributed by atoms with E-state index in [1.807, 2.05) is 25.1 Å². The maximum atomic E-state index is 12.9. The molecule has 2 fully saturated rings. The summed E-state index contributed by atoms with van der Waals surface area (Å²) in [5.41, 5.74) is 0.634. The van der Waals surface area contributed by atoms with Crippen LogP contribution in [0.4, 0.5) is 5.69 Å². The van der Waals surface area contributed by atoms with E-state index in [0.717, 1.165) is 12.8 Å². The second kappa shape index (κ2) is 5.36. The van der Waals surface area contributed by atoms with Gasteiger partial charge >= 0.3 is 5.97 Å². The van der Waals surface area contributed by atoms with Crippen LogP contribution in [0.5, 0.6) is 5.75 Å². The highest BCUT2D eigenvalue weighted by atomic mass is 16.5. The van der Waals surface area contributed by atoms with Crippen molar-refractivity contribution in [1.29, 1.82) is 0 Å². The molecule has 2 saturated carbocycles. The van der Waals surface area contributed by atoms with Crippen LogP contribution in [-0.4, -0.2) is 23.6 Å². The Balaban J connectivity index is 1.61. The predicted molar refractivity (Wildman–Crippen MR) is 88.6 cm³/mol. The average Bonchev–Trinajstić information content (AvgIpc) is 3.22. The maximum Gasteiger partial charge on any atom is 0.307 e. The molecule has 5 heteroatoms. The minimum atomic E-state index is -0.864. The predicted octanol–water partition coefficient (Wildman–Crippen LogP) is 2.94. The van der Waals surface area contributed by atoms with Gasteiger partial charge in [0.15, 0.2) is 0 Å². The lowest BCUT2D eigenvalue weighted by Gasteiger charge is -2.24. The number of carboxylic acids is 1. The molecular weight excluding hydrogens is 306 g/mol. The van der Waals surface area contributed by atoms with E-state index >= 15 is 0 Å². The molecule has 0 saturated heterocycles. The molecule has 1 aromatic rings. The molecule has 0 aliphatic heterocycles. The van der Waals surface area contributed by atoms with Crippen LogP contribution in [0, 0.1) is 29.1 Å². The van der Waals surface area contributed by atoms with Gasteiger partial charge in [-0.05, 0) is 49.1 Å². The van der Waals surface area contributed by atoms with Crippen molar-refractivity contribution in [2.45, 2.75) is 19.8 Å². The Morgan fingerprint density at radius 1 is 1.21 bits per heavy atom. The summed E-state index contributed by atoms with van der Waals surface area (Å²) in [6.07, 6.45) is 6.14. The highest BCUT2D eigenvalue weighted by Gasteiger charge is 2.70. The first-order valence-corrected chi connectivity index (χ1v) is 8.52. The first kappa shape index (κ1) is 15.2. The lowest BCUT2D eigenvalue weighted by Crippen LogP contribution is -2.36. The molecule has 4 rings (SSSR count). The van der Waals surface area contributed by atoms with Crippen molar-refractivity contribution in [2.24, 2.45) is 29.1 Å². The summed E-state index contributed by atoms with van der Waals surface area (Å²) in [5, 5.41) is 12.6. The normalized spacial score (nSPS) is 31.2. The van der Waals surface area contributed by atoms with Crippen LogP contribution in [0.25, 0.3) is 0 Å². The van der Waals surface area contributed by atoms with Crippen LogP contribution in [-0.2, 0) is 9.59 Å². The first-order valence-electron chi connectivity index (χ1n) is 8.52. The lowest BCUT2D eigenvalue weighted by molar-refractivity contribution is -0.146. The van der Waals surface area contributed by atoms with Crippen LogP contribution in [0.1, 0.15) is 19.8 Å². The number of ether oxygens (including phenoxy) is 1. The van der Waals surface area contributed by atoms with Gasteiger partial charge in [0.05, 0.1) is 24.1 Å². The van der Waals surface area contributed by atoms with E-state index in [4.69, 9.17) is 4.74 Å². The molecule has 1 aromatic carbocycles. The number of amides is 1. The number of allylic oxidation sites excluding steroid dienone is 2. The Morgan fingerprint density at radius 3 is 2.50 bits per heavy atom. The van der Waals surface area contributed by atoms with Crippen LogP contribution in [0.2, 0.25) is 0 Å². The standard InChI is InChI=1S/C19H21NO4/c1-2-24-14-6-4-3-5-13(14)20-17(21)15-11-7-8-12(16(15)18(22)23)19(11)9-10-19/h3-8,11-12,15-16H,2,9-10H2,1H3,(H,20,21)(H,22,23)/t11-,12-,15-,16-/m0/s1. The number of hydrogen-bond donors (Lipinski definition) is 2. The average molecular weight is 327 g/mol. The van der Waals surface area contributed by atoms with Crippen molar-refractivity contribution >= 4 is 17.6 Å².